The van der Waals surface area contributed by atoms with Gasteiger partial charge < -0.3 is 14.8 Å². The molecule has 0 spiro atoms. The second kappa shape index (κ2) is 6.59. The molecule has 2 rings (SSSR count). The first-order valence-electron chi connectivity index (χ1n) is 7.24. The van der Waals surface area contributed by atoms with Gasteiger partial charge in [-0.3, -0.25) is 9.59 Å². The van der Waals surface area contributed by atoms with E-state index in [0.29, 0.717) is 44.9 Å². The molecule has 2 amide bonds. The molecule has 5 nitrogen and oxygen atoms in total. The van der Waals surface area contributed by atoms with Crippen LogP contribution in [0.4, 0.5) is 0 Å². The largest absolute Gasteiger partial charge is 0.365 e. The van der Waals surface area contributed by atoms with Crippen LogP contribution in [0.2, 0.25) is 0 Å². The van der Waals surface area contributed by atoms with E-state index in [1.54, 1.807) is 0 Å². The maximum Gasteiger partial charge on any atom is 0.228 e. The molecule has 0 radical (unpaired) electrons. The molecule has 1 saturated heterocycles. The normalized spacial score (nSPS) is 15.8. The zero-order valence-corrected chi connectivity index (χ0v) is 12.3. The SMILES string of the molecule is CC(C)CC(=O)N1CCN(C(=O)Cc2ccc[nH]2)CC1. The molecule has 110 valence electrons. The van der Waals surface area contributed by atoms with Crippen molar-refractivity contribution in [3.05, 3.63) is 24.0 Å². The van der Waals surface area contributed by atoms with Crippen LogP contribution >= 0.6 is 0 Å². The molecule has 0 bridgehead atoms. The minimum absolute atomic E-state index is 0.128. The Labute approximate surface area is 119 Å². The van der Waals surface area contributed by atoms with Gasteiger partial charge in [-0.25, -0.2) is 0 Å². The number of aromatic amines is 1. The summed E-state index contributed by atoms with van der Waals surface area (Å²) in [6.07, 6.45) is 2.83. The highest BCUT2D eigenvalue weighted by atomic mass is 16.2. The van der Waals surface area contributed by atoms with E-state index < -0.39 is 0 Å². The van der Waals surface area contributed by atoms with Crippen LogP contribution in [0, 0.1) is 5.92 Å². The zero-order chi connectivity index (χ0) is 14.5. The summed E-state index contributed by atoms with van der Waals surface area (Å²) in [6, 6.07) is 3.81. The summed E-state index contributed by atoms with van der Waals surface area (Å²) in [5.74, 6) is 0.718. The van der Waals surface area contributed by atoms with E-state index in [2.05, 4.69) is 4.98 Å². The van der Waals surface area contributed by atoms with Gasteiger partial charge in [-0.15, -0.1) is 0 Å². The fourth-order valence-corrected chi connectivity index (χ4v) is 2.44. The molecule has 0 atom stereocenters. The number of nitrogens with one attached hydrogen (secondary N) is 1. The van der Waals surface area contributed by atoms with Crippen LogP contribution in [0.1, 0.15) is 26.0 Å². The summed E-state index contributed by atoms with van der Waals surface area (Å²) in [7, 11) is 0. The highest BCUT2D eigenvalue weighted by molar-refractivity contribution is 5.79. The number of amides is 2. The predicted octanol–water partition coefficient (Wildman–Crippen LogP) is 1.27. The molecule has 1 N–H and O–H groups in total. The first-order valence-corrected chi connectivity index (χ1v) is 7.24. The Hall–Kier alpha value is -1.78. The number of rotatable bonds is 4. The van der Waals surface area contributed by atoms with E-state index >= 15 is 0 Å². The minimum atomic E-state index is 0.128. The summed E-state index contributed by atoms with van der Waals surface area (Å²) in [4.78, 5) is 30.8. The van der Waals surface area contributed by atoms with Crippen LogP contribution in [-0.2, 0) is 16.0 Å². The summed E-state index contributed by atoms with van der Waals surface area (Å²) >= 11 is 0. The second-order valence-electron chi connectivity index (χ2n) is 5.73. The molecular weight excluding hydrogens is 254 g/mol. The van der Waals surface area contributed by atoms with Crippen LogP contribution in [0.3, 0.4) is 0 Å². The quantitative estimate of drug-likeness (QED) is 0.901. The van der Waals surface area contributed by atoms with Gasteiger partial charge in [0.05, 0.1) is 6.42 Å². The van der Waals surface area contributed by atoms with Crippen LogP contribution < -0.4 is 0 Å². The number of H-pyrrole nitrogens is 1. The second-order valence-corrected chi connectivity index (χ2v) is 5.73. The highest BCUT2D eigenvalue weighted by Crippen LogP contribution is 2.09. The van der Waals surface area contributed by atoms with Crippen molar-refractivity contribution in [3.8, 4) is 0 Å². The molecule has 2 heterocycles. The zero-order valence-electron chi connectivity index (χ0n) is 12.3. The fraction of sp³-hybridized carbons (Fsp3) is 0.600. The Morgan fingerprint density at radius 3 is 2.25 bits per heavy atom. The summed E-state index contributed by atoms with van der Waals surface area (Å²) in [5.41, 5.74) is 0.938. The Kier molecular flexibility index (Phi) is 4.82. The van der Waals surface area contributed by atoms with Gasteiger partial charge in [-0.05, 0) is 18.1 Å². The topological polar surface area (TPSA) is 56.4 Å². The maximum absolute atomic E-state index is 12.1. The van der Waals surface area contributed by atoms with Crippen LogP contribution in [0.25, 0.3) is 0 Å². The molecule has 5 heteroatoms. The number of hydrogen-bond donors (Lipinski definition) is 1. The first kappa shape index (κ1) is 14.6. The highest BCUT2D eigenvalue weighted by Gasteiger charge is 2.24. The monoisotopic (exact) mass is 277 g/mol. The van der Waals surface area contributed by atoms with Gasteiger partial charge in [0.25, 0.3) is 0 Å². The van der Waals surface area contributed by atoms with Gasteiger partial charge >= 0.3 is 0 Å². The molecule has 20 heavy (non-hydrogen) atoms. The molecule has 1 aliphatic heterocycles. The molecule has 1 aliphatic rings. The summed E-state index contributed by atoms with van der Waals surface area (Å²) in [6.45, 7) is 6.69. The van der Waals surface area contributed by atoms with E-state index in [1.165, 1.54) is 0 Å². The minimum Gasteiger partial charge on any atom is -0.365 e. The lowest BCUT2D eigenvalue weighted by Crippen LogP contribution is -2.51. The van der Waals surface area contributed by atoms with Crippen molar-refractivity contribution in [2.24, 2.45) is 5.92 Å². The summed E-state index contributed by atoms with van der Waals surface area (Å²) < 4.78 is 0. The smallest absolute Gasteiger partial charge is 0.228 e. The Morgan fingerprint density at radius 2 is 1.75 bits per heavy atom. The Balaban J connectivity index is 1.79. The van der Waals surface area contributed by atoms with E-state index in [9.17, 15) is 9.59 Å². The standard InChI is InChI=1S/C15H23N3O2/c1-12(2)10-14(19)17-6-8-18(9-7-17)15(20)11-13-4-3-5-16-13/h3-5,12,16H,6-11H2,1-2H3. The van der Waals surface area contributed by atoms with E-state index in [1.807, 2.05) is 42.0 Å². The molecular formula is C15H23N3O2. The van der Waals surface area contributed by atoms with E-state index in [0.717, 1.165) is 5.69 Å². The number of nitrogens with zero attached hydrogens (tertiary/aromatic N) is 2. The molecule has 1 fully saturated rings. The average Bonchev–Trinajstić information content (AvgIpc) is 2.91. The van der Waals surface area contributed by atoms with E-state index in [4.69, 9.17) is 0 Å². The van der Waals surface area contributed by atoms with Crippen molar-refractivity contribution in [2.75, 3.05) is 26.2 Å². The van der Waals surface area contributed by atoms with Gasteiger partial charge in [0.1, 0.15) is 0 Å². The van der Waals surface area contributed by atoms with Gasteiger partial charge in [0, 0.05) is 44.5 Å². The Bertz CT molecular complexity index is 446. The molecule has 1 aromatic heterocycles. The predicted molar refractivity (Wildman–Crippen MR) is 77.1 cm³/mol. The van der Waals surface area contributed by atoms with Crippen molar-refractivity contribution >= 4 is 11.8 Å². The molecule has 0 aliphatic carbocycles. The van der Waals surface area contributed by atoms with Gasteiger partial charge in [-0.1, -0.05) is 13.8 Å². The van der Waals surface area contributed by atoms with Gasteiger partial charge in [-0.2, -0.15) is 0 Å². The molecule has 1 aromatic rings. The fourth-order valence-electron chi connectivity index (χ4n) is 2.44. The lowest BCUT2D eigenvalue weighted by atomic mass is 10.1. The Morgan fingerprint density at radius 1 is 1.15 bits per heavy atom. The average molecular weight is 277 g/mol. The van der Waals surface area contributed by atoms with Gasteiger partial charge in [0.15, 0.2) is 0 Å². The number of piperazine rings is 1. The maximum atomic E-state index is 12.1. The van der Waals surface area contributed by atoms with Crippen LogP contribution in [0.15, 0.2) is 18.3 Å². The summed E-state index contributed by atoms with van der Waals surface area (Å²) in [5, 5.41) is 0. The third kappa shape index (κ3) is 3.85. The van der Waals surface area contributed by atoms with Crippen molar-refractivity contribution in [1.29, 1.82) is 0 Å². The number of aromatic nitrogens is 1. The number of carbonyl (C=O) groups is 2. The molecule has 0 unspecified atom stereocenters. The lowest BCUT2D eigenvalue weighted by Gasteiger charge is -2.35. The van der Waals surface area contributed by atoms with E-state index in [-0.39, 0.29) is 11.8 Å². The van der Waals surface area contributed by atoms with Crippen molar-refractivity contribution in [2.45, 2.75) is 26.7 Å². The molecule has 0 aromatic carbocycles. The lowest BCUT2D eigenvalue weighted by molar-refractivity contribution is -0.139. The van der Waals surface area contributed by atoms with Crippen LogP contribution in [0.5, 0.6) is 0 Å². The number of carbonyl (C=O) groups excluding carboxylic acids is 2. The van der Waals surface area contributed by atoms with Crippen LogP contribution in [-0.4, -0.2) is 52.8 Å². The van der Waals surface area contributed by atoms with Crippen molar-refractivity contribution in [1.82, 2.24) is 14.8 Å². The van der Waals surface area contributed by atoms with Crippen molar-refractivity contribution in [3.63, 3.8) is 0 Å². The van der Waals surface area contributed by atoms with Gasteiger partial charge in [0.2, 0.25) is 11.8 Å². The third-order valence-electron chi connectivity index (χ3n) is 3.57. The number of hydrogen-bond acceptors (Lipinski definition) is 2. The molecule has 0 saturated carbocycles. The van der Waals surface area contributed by atoms with Crippen molar-refractivity contribution < 1.29 is 9.59 Å². The third-order valence-corrected chi connectivity index (χ3v) is 3.57. The first-order chi connectivity index (χ1) is 9.56.